The van der Waals surface area contributed by atoms with Gasteiger partial charge in [-0.05, 0) is 68.4 Å². The monoisotopic (exact) mass is 549 g/mol. The summed E-state index contributed by atoms with van der Waals surface area (Å²) in [4.78, 5) is 39.0. The number of nitrogens with two attached hydrogens (primary N) is 1. The summed E-state index contributed by atoms with van der Waals surface area (Å²) < 4.78 is 21.8. The molecule has 0 fully saturated rings. The van der Waals surface area contributed by atoms with Crippen LogP contribution in [0.3, 0.4) is 0 Å². The zero-order chi connectivity index (χ0) is 29.2. The second-order valence-electron chi connectivity index (χ2n) is 8.85. The number of carbonyl (C=O) groups is 3. The Morgan fingerprint density at radius 1 is 0.925 bits per heavy atom. The van der Waals surface area contributed by atoms with Crippen molar-refractivity contribution in [2.75, 3.05) is 39.4 Å². The number of carbonyl (C=O) groups excluding carboxylic acids is 3. The average molecular weight is 550 g/mol. The number of esters is 1. The molecule has 0 aromatic heterocycles. The number of urea groups is 1. The second kappa shape index (κ2) is 14.0. The van der Waals surface area contributed by atoms with Gasteiger partial charge in [-0.3, -0.25) is 9.69 Å². The zero-order valence-electron chi connectivity index (χ0n) is 23.4. The lowest BCUT2D eigenvalue weighted by molar-refractivity contribution is -0.121. The van der Waals surface area contributed by atoms with Crippen molar-refractivity contribution in [1.29, 1.82) is 0 Å². The molecule has 10 heteroatoms. The van der Waals surface area contributed by atoms with Gasteiger partial charge in [-0.2, -0.15) is 0 Å². The Hall–Kier alpha value is -4.57. The minimum atomic E-state index is -0.658. The van der Waals surface area contributed by atoms with Gasteiger partial charge in [-0.15, -0.1) is 0 Å². The van der Waals surface area contributed by atoms with Gasteiger partial charge >= 0.3 is 12.0 Å². The molecule has 3 aromatic carbocycles. The molecule has 3 rings (SSSR count). The van der Waals surface area contributed by atoms with E-state index in [-0.39, 0.29) is 25.4 Å². The van der Waals surface area contributed by atoms with Crippen LogP contribution in [-0.4, -0.2) is 58.3 Å². The van der Waals surface area contributed by atoms with E-state index in [1.165, 1.54) is 25.2 Å². The molecular weight excluding hydrogens is 514 g/mol. The van der Waals surface area contributed by atoms with Crippen molar-refractivity contribution in [3.8, 4) is 17.2 Å². The highest BCUT2D eigenvalue weighted by Crippen LogP contribution is 2.36. The number of hydrogen-bond donors (Lipinski definition) is 2. The number of ether oxygens (including phenoxy) is 4. The van der Waals surface area contributed by atoms with Gasteiger partial charge in [0.05, 0.1) is 37.8 Å². The molecule has 0 saturated carbocycles. The predicted molar refractivity (Wildman–Crippen MR) is 152 cm³/mol. The molecule has 3 N–H and O–H groups in total. The minimum Gasteiger partial charge on any atom is -0.495 e. The molecule has 0 spiro atoms. The third-order valence-corrected chi connectivity index (χ3v) is 6.26. The summed E-state index contributed by atoms with van der Waals surface area (Å²) in [7, 11) is 4.63. The number of nitrogens with one attached hydrogen (secondary N) is 1. The van der Waals surface area contributed by atoms with Crippen LogP contribution < -0.4 is 30.2 Å². The maximum atomic E-state index is 13.2. The van der Waals surface area contributed by atoms with Crippen LogP contribution in [0.25, 0.3) is 0 Å². The van der Waals surface area contributed by atoms with Gasteiger partial charge in [0.15, 0.2) is 17.3 Å². The maximum absolute atomic E-state index is 13.2. The van der Waals surface area contributed by atoms with Crippen LogP contribution in [-0.2, 0) is 16.0 Å². The number of Topliss-reactive ketones (excluding diaryl/α,β-unsaturated/α-hetero) is 1. The lowest BCUT2D eigenvalue weighted by Crippen LogP contribution is -2.40. The van der Waals surface area contributed by atoms with Crippen LogP contribution in [0.5, 0.6) is 17.2 Å². The molecule has 212 valence electrons. The number of likely N-dealkylation sites (N-methyl/N-ethyl adjacent to an activating group) is 1. The van der Waals surface area contributed by atoms with Crippen molar-refractivity contribution in [3.05, 3.63) is 77.4 Å². The molecule has 0 aliphatic heterocycles. The molecule has 0 bridgehead atoms. The molecule has 40 heavy (non-hydrogen) atoms. The molecule has 1 unspecified atom stereocenters. The first-order valence-electron chi connectivity index (χ1n) is 12.7. The third kappa shape index (κ3) is 7.09. The largest absolute Gasteiger partial charge is 0.495 e. The van der Waals surface area contributed by atoms with Crippen molar-refractivity contribution in [3.63, 3.8) is 0 Å². The van der Waals surface area contributed by atoms with E-state index in [2.05, 4.69) is 5.32 Å². The summed E-state index contributed by atoms with van der Waals surface area (Å²) in [6, 6.07) is 16.0. The molecule has 2 amide bonds. The Kier molecular flexibility index (Phi) is 10.5. The van der Waals surface area contributed by atoms with Crippen molar-refractivity contribution in [2.24, 2.45) is 5.73 Å². The van der Waals surface area contributed by atoms with Crippen LogP contribution in [0.15, 0.2) is 60.7 Å². The Balaban J connectivity index is 1.75. The molecule has 0 radical (unpaired) electrons. The highest BCUT2D eigenvalue weighted by Gasteiger charge is 2.23. The van der Waals surface area contributed by atoms with E-state index in [0.29, 0.717) is 39.8 Å². The van der Waals surface area contributed by atoms with E-state index < -0.39 is 18.0 Å². The lowest BCUT2D eigenvalue weighted by Gasteiger charge is -2.25. The van der Waals surface area contributed by atoms with Crippen LogP contribution >= 0.6 is 0 Å². The molecule has 0 aliphatic rings. The normalized spacial score (nSPS) is 11.3. The molecule has 10 nitrogen and oxygen atoms in total. The molecule has 3 aromatic rings. The fraction of sp³-hybridized carbons (Fsp3) is 0.300. The number of nitrogens with zero attached hydrogens (tertiary/aromatic N) is 1. The number of rotatable bonds is 13. The molecule has 0 aliphatic carbocycles. The van der Waals surface area contributed by atoms with E-state index >= 15 is 0 Å². The average Bonchev–Trinajstić information content (AvgIpc) is 2.95. The lowest BCUT2D eigenvalue weighted by atomic mass is 10.0. The standard InChI is InChI=1S/C30H35N3O7/c1-6-39-29(35)21-12-14-26(28(17-21)38-5)40-18-22(32-3)25(34)15-20-11-13-24(27(16-20)37-4)33(30(31)36)23-10-8-7-9-19(23)2/h7-14,16-17,22,32H,6,15,18H2,1-5H3,(H2,31,36). The minimum absolute atomic E-state index is 0.0302. The molecule has 1 atom stereocenters. The zero-order valence-corrected chi connectivity index (χ0v) is 23.4. The third-order valence-electron chi connectivity index (χ3n) is 6.26. The van der Waals surface area contributed by atoms with Crippen LogP contribution in [0.2, 0.25) is 0 Å². The number of aryl methyl sites for hydroxylation is 1. The quantitative estimate of drug-likeness (QED) is 0.304. The fourth-order valence-electron chi connectivity index (χ4n) is 4.16. The highest BCUT2D eigenvalue weighted by molar-refractivity contribution is 6.00. The fourth-order valence-corrected chi connectivity index (χ4v) is 4.16. The number of para-hydroxylation sites is 1. The predicted octanol–water partition coefficient (Wildman–Crippen LogP) is 4.18. The maximum Gasteiger partial charge on any atom is 0.338 e. The molecule has 0 saturated heterocycles. The smallest absolute Gasteiger partial charge is 0.338 e. The van der Waals surface area contributed by atoms with E-state index in [4.69, 9.17) is 24.7 Å². The first-order chi connectivity index (χ1) is 19.2. The van der Waals surface area contributed by atoms with Crippen LogP contribution in [0, 0.1) is 6.92 Å². The van der Waals surface area contributed by atoms with Crippen LogP contribution in [0.1, 0.15) is 28.4 Å². The van der Waals surface area contributed by atoms with Crippen molar-refractivity contribution >= 4 is 29.2 Å². The Morgan fingerprint density at radius 2 is 1.65 bits per heavy atom. The van der Waals surface area contributed by atoms with Gasteiger partial charge in [0.2, 0.25) is 0 Å². The van der Waals surface area contributed by atoms with Gasteiger partial charge < -0.3 is 30.0 Å². The van der Waals surface area contributed by atoms with Gasteiger partial charge in [0, 0.05) is 6.42 Å². The van der Waals surface area contributed by atoms with E-state index in [1.54, 1.807) is 50.4 Å². The molecule has 0 heterocycles. The first kappa shape index (κ1) is 30.0. The number of ketones is 1. The van der Waals surface area contributed by atoms with Crippen molar-refractivity contribution in [1.82, 2.24) is 5.32 Å². The summed E-state index contributed by atoms with van der Waals surface area (Å²) in [6.45, 7) is 3.90. The summed E-state index contributed by atoms with van der Waals surface area (Å²) >= 11 is 0. The van der Waals surface area contributed by atoms with Crippen molar-refractivity contribution < 1.29 is 33.3 Å². The number of benzene rings is 3. The number of hydrogen-bond acceptors (Lipinski definition) is 8. The Morgan fingerprint density at radius 3 is 2.27 bits per heavy atom. The number of anilines is 2. The van der Waals surface area contributed by atoms with Crippen molar-refractivity contribution in [2.45, 2.75) is 26.3 Å². The van der Waals surface area contributed by atoms with E-state index in [0.717, 1.165) is 5.56 Å². The summed E-state index contributed by atoms with van der Waals surface area (Å²) in [5.41, 5.74) is 8.72. The summed E-state index contributed by atoms with van der Waals surface area (Å²) in [5, 5.41) is 2.99. The number of primary amides is 1. The SMILES string of the molecule is CCOC(=O)c1ccc(OCC(NC)C(=O)Cc2ccc(N(C(N)=O)c3ccccc3C)c(OC)c2)c(OC)c1. The summed E-state index contributed by atoms with van der Waals surface area (Å²) in [6.07, 6.45) is 0.0887. The summed E-state index contributed by atoms with van der Waals surface area (Å²) in [5.74, 6) is 0.550. The Labute approximate surface area is 234 Å². The topological polar surface area (TPSA) is 129 Å². The second-order valence-corrected chi connectivity index (χ2v) is 8.85. The van der Waals surface area contributed by atoms with Gasteiger partial charge in [-0.1, -0.05) is 24.3 Å². The van der Waals surface area contributed by atoms with Gasteiger partial charge in [-0.25, -0.2) is 9.59 Å². The Bertz CT molecular complexity index is 1360. The van der Waals surface area contributed by atoms with Gasteiger partial charge in [0.1, 0.15) is 18.4 Å². The highest BCUT2D eigenvalue weighted by atomic mass is 16.5. The first-order valence-corrected chi connectivity index (χ1v) is 12.7. The molecular formula is C30H35N3O7. The van der Waals surface area contributed by atoms with Gasteiger partial charge in [0.25, 0.3) is 0 Å². The van der Waals surface area contributed by atoms with Crippen LogP contribution in [0.4, 0.5) is 16.2 Å². The van der Waals surface area contributed by atoms with E-state index in [1.807, 2.05) is 25.1 Å². The number of methoxy groups -OCH3 is 2. The number of amides is 2. The van der Waals surface area contributed by atoms with E-state index in [9.17, 15) is 14.4 Å².